The third-order valence-corrected chi connectivity index (χ3v) is 2.12. The van der Waals surface area contributed by atoms with E-state index in [0.29, 0.717) is 5.56 Å². The Morgan fingerprint density at radius 2 is 2.18 bits per heavy atom. The van der Waals surface area contributed by atoms with Crippen LogP contribution in [0.2, 0.25) is 0 Å². The lowest BCUT2D eigenvalue weighted by Crippen LogP contribution is -2.05. The summed E-state index contributed by atoms with van der Waals surface area (Å²) in [4.78, 5) is 0.0602. The minimum Gasteiger partial charge on any atom is -0.247 e. The van der Waals surface area contributed by atoms with Crippen LogP contribution in [0.15, 0.2) is 23.1 Å². The molecule has 2 nitrogen and oxygen atoms in total. The molecule has 1 atom stereocenters. The van der Waals surface area contributed by atoms with Crippen molar-refractivity contribution in [2.24, 2.45) is 5.14 Å². The highest BCUT2D eigenvalue weighted by Crippen LogP contribution is 2.13. The first-order valence-electron chi connectivity index (χ1n) is 3.04. The number of hydrogen-bond donors (Lipinski definition) is 1. The zero-order valence-corrected chi connectivity index (χ0v) is 6.82. The van der Waals surface area contributed by atoms with Crippen molar-refractivity contribution in [1.82, 2.24) is 0 Å². The first-order chi connectivity index (χ1) is 5.13. The third-order valence-electron chi connectivity index (χ3n) is 1.37. The van der Waals surface area contributed by atoms with Crippen LogP contribution in [0.1, 0.15) is 5.56 Å². The SMILES string of the molecule is Cc1cccc(S(N)=O)c1F. The molecule has 4 heteroatoms. The fraction of sp³-hybridized carbons (Fsp3) is 0.143. The van der Waals surface area contributed by atoms with Gasteiger partial charge in [-0.3, -0.25) is 0 Å². The molecule has 0 saturated carbocycles. The Kier molecular flexibility index (Phi) is 2.36. The summed E-state index contributed by atoms with van der Waals surface area (Å²) < 4.78 is 23.6. The zero-order valence-electron chi connectivity index (χ0n) is 6.00. The van der Waals surface area contributed by atoms with Gasteiger partial charge in [0.25, 0.3) is 0 Å². The molecule has 11 heavy (non-hydrogen) atoms. The van der Waals surface area contributed by atoms with E-state index in [1.54, 1.807) is 19.1 Å². The van der Waals surface area contributed by atoms with Crippen LogP contribution in [0, 0.1) is 12.7 Å². The largest absolute Gasteiger partial charge is 0.247 e. The highest BCUT2D eigenvalue weighted by Gasteiger charge is 2.07. The van der Waals surface area contributed by atoms with E-state index in [4.69, 9.17) is 5.14 Å². The van der Waals surface area contributed by atoms with Crippen LogP contribution in [0.3, 0.4) is 0 Å². The maximum absolute atomic E-state index is 13.0. The molecule has 1 rings (SSSR count). The van der Waals surface area contributed by atoms with Gasteiger partial charge in [0.05, 0.1) is 4.90 Å². The molecule has 0 aromatic heterocycles. The van der Waals surface area contributed by atoms with Crippen molar-refractivity contribution >= 4 is 11.0 Å². The van der Waals surface area contributed by atoms with Crippen molar-refractivity contribution < 1.29 is 8.60 Å². The monoisotopic (exact) mass is 173 g/mol. The van der Waals surface area contributed by atoms with Crippen LogP contribution in [0.4, 0.5) is 4.39 Å². The summed E-state index contributed by atoms with van der Waals surface area (Å²) >= 11 is 0. The second-order valence-corrected chi connectivity index (χ2v) is 3.22. The zero-order chi connectivity index (χ0) is 8.43. The number of benzene rings is 1. The van der Waals surface area contributed by atoms with Crippen molar-refractivity contribution in [1.29, 1.82) is 0 Å². The molecular formula is C7H8FNOS. The van der Waals surface area contributed by atoms with Gasteiger partial charge in [0, 0.05) is 0 Å². The van der Waals surface area contributed by atoms with E-state index in [-0.39, 0.29) is 4.90 Å². The van der Waals surface area contributed by atoms with E-state index in [9.17, 15) is 8.60 Å². The Morgan fingerprint density at radius 3 is 2.64 bits per heavy atom. The summed E-state index contributed by atoms with van der Waals surface area (Å²) in [6, 6.07) is 4.64. The Morgan fingerprint density at radius 1 is 1.55 bits per heavy atom. The molecular weight excluding hydrogens is 165 g/mol. The number of hydrogen-bond acceptors (Lipinski definition) is 1. The molecule has 0 aliphatic heterocycles. The third kappa shape index (κ3) is 1.64. The number of halogens is 1. The van der Waals surface area contributed by atoms with Crippen molar-refractivity contribution in [3.8, 4) is 0 Å². The quantitative estimate of drug-likeness (QED) is 0.679. The molecule has 1 unspecified atom stereocenters. The minimum absolute atomic E-state index is 0.0602. The van der Waals surface area contributed by atoms with Gasteiger partial charge in [-0.25, -0.2) is 13.7 Å². The fourth-order valence-corrected chi connectivity index (χ4v) is 1.33. The van der Waals surface area contributed by atoms with Gasteiger partial charge in [0.2, 0.25) is 0 Å². The van der Waals surface area contributed by atoms with Gasteiger partial charge in [0.1, 0.15) is 16.8 Å². The summed E-state index contributed by atoms with van der Waals surface area (Å²) in [7, 11) is -1.73. The Balaban J connectivity index is 3.27. The van der Waals surface area contributed by atoms with Crippen LogP contribution >= 0.6 is 0 Å². The molecule has 0 fully saturated rings. The molecule has 2 N–H and O–H groups in total. The second kappa shape index (κ2) is 3.11. The Labute approximate surface area is 66.8 Å². The van der Waals surface area contributed by atoms with E-state index >= 15 is 0 Å². The molecule has 0 radical (unpaired) electrons. The first kappa shape index (κ1) is 8.36. The molecule has 0 spiro atoms. The topological polar surface area (TPSA) is 43.1 Å². The van der Waals surface area contributed by atoms with Crippen molar-refractivity contribution in [3.63, 3.8) is 0 Å². The van der Waals surface area contributed by atoms with Gasteiger partial charge in [-0.2, -0.15) is 0 Å². The van der Waals surface area contributed by atoms with Gasteiger partial charge in [-0.1, -0.05) is 12.1 Å². The number of aryl methyl sites for hydroxylation is 1. The molecule has 60 valence electrons. The van der Waals surface area contributed by atoms with Gasteiger partial charge in [-0.15, -0.1) is 0 Å². The molecule has 0 aliphatic carbocycles. The van der Waals surface area contributed by atoms with E-state index in [1.165, 1.54) is 6.07 Å². The molecule has 0 amide bonds. The summed E-state index contributed by atoms with van der Waals surface area (Å²) in [5.74, 6) is -0.478. The Bertz CT molecular complexity index is 300. The molecule has 1 aromatic carbocycles. The van der Waals surface area contributed by atoms with Crippen molar-refractivity contribution in [2.75, 3.05) is 0 Å². The maximum Gasteiger partial charge on any atom is 0.143 e. The van der Waals surface area contributed by atoms with Crippen LogP contribution in [-0.2, 0) is 11.0 Å². The second-order valence-electron chi connectivity index (χ2n) is 2.18. The molecule has 0 saturated heterocycles. The average Bonchev–Trinajstić information content (AvgIpc) is 1.94. The average molecular weight is 173 g/mol. The van der Waals surface area contributed by atoms with Crippen LogP contribution in [0.25, 0.3) is 0 Å². The summed E-state index contributed by atoms with van der Waals surface area (Å²) in [5.41, 5.74) is 0.460. The highest BCUT2D eigenvalue weighted by molar-refractivity contribution is 7.82. The van der Waals surface area contributed by atoms with Crippen molar-refractivity contribution in [2.45, 2.75) is 11.8 Å². The smallest absolute Gasteiger partial charge is 0.143 e. The molecule has 1 aromatic rings. The van der Waals surface area contributed by atoms with Gasteiger partial charge in [0.15, 0.2) is 0 Å². The van der Waals surface area contributed by atoms with Crippen molar-refractivity contribution in [3.05, 3.63) is 29.6 Å². The molecule has 0 aliphatic rings. The first-order valence-corrected chi connectivity index (χ1v) is 4.25. The molecule has 0 heterocycles. The van der Waals surface area contributed by atoms with Crippen LogP contribution in [0.5, 0.6) is 0 Å². The summed E-state index contributed by atoms with van der Waals surface area (Å²) in [6.07, 6.45) is 0. The number of nitrogens with two attached hydrogens (primary N) is 1. The molecule has 0 bridgehead atoms. The summed E-state index contributed by atoms with van der Waals surface area (Å²) in [5, 5.41) is 5.02. The van der Waals surface area contributed by atoms with Gasteiger partial charge < -0.3 is 0 Å². The van der Waals surface area contributed by atoms with E-state index in [0.717, 1.165) is 0 Å². The number of rotatable bonds is 1. The van der Waals surface area contributed by atoms with Gasteiger partial charge in [-0.05, 0) is 18.6 Å². The van der Waals surface area contributed by atoms with E-state index < -0.39 is 16.8 Å². The minimum atomic E-state index is -1.73. The van der Waals surface area contributed by atoms with Gasteiger partial charge >= 0.3 is 0 Å². The van der Waals surface area contributed by atoms with E-state index in [2.05, 4.69) is 0 Å². The Hall–Kier alpha value is -0.740. The standard InChI is InChI=1S/C7H8FNOS/c1-5-3-2-4-6(7(5)8)11(9)10/h2-4H,9H2,1H3. The predicted octanol–water partition coefficient (Wildman–Crippen LogP) is 1.12. The lowest BCUT2D eigenvalue weighted by Gasteiger charge is -1.99. The lowest BCUT2D eigenvalue weighted by molar-refractivity contribution is 0.586. The normalized spacial score (nSPS) is 13.0. The summed E-state index contributed by atoms with van der Waals surface area (Å²) in [6.45, 7) is 1.60. The van der Waals surface area contributed by atoms with Crippen LogP contribution in [-0.4, -0.2) is 4.21 Å². The fourth-order valence-electron chi connectivity index (χ4n) is 0.776. The van der Waals surface area contributed by atoms with E-state index in [1.807, 2.05) is 0 Å². The predicted molar refractivity (Wildman–Crippen MR) is 41.7 cm³/mol. The van der Waals surface area contributed by atoms with Crippen LogP contribution < -0.4 is 5.14 Å². The maximum atomic E-state index is 13.0. The highest BCUT2D eigenvalue weighted by atomic mass is 32.2. The lowest BCUT2D eigenvalue weighted by atomic mass is 10.2.